The van der Waals surface area contributed by atoms with E-state index in [4.69, 9.17) is 0 Å². The third kappa shape index (κ3) is 1.85. The molecule has 0 aliphatic heterocycles. The van der Waals surface area contributed by atoms with E-state index in [1.54, 1.807) is 0 Å². The van der Waals surface area contributed by atoms with Gasteiger partial charge in [-0.15, -0.1) is 0 Å². The molecule has 0 nitrogen and oxygen atoms in total. The molecule has 0 N–H and O–H groups in total. The lowest BCUT2D eigenvalue weighted by atomic mass is 10.1. The zero-order valence-corrected chi connectivity index (χ0v) is 6.78. The van der Waals surface area contributed by atoms with E-state index in [0.717, 1.165) is 5.92 Å². The Morgan fingerprint density at radius 3 is 1.38 bits per heavy atom. The normalized spacial score (nSPS) is 30.4. The Hall–Kier alpha value is 0. The van der Waals surface area contributed by atoms with Crippen LogP contribution in [0, 0.1) is 11.3 Å². The third-order valence-corrected chi connectivity index (χ3v) is 2.01. The summed E-state index contributed by atoms with van der Waals surface area (Å²) >= 11 is 0. The number of hydrogen-bond acceptors (Lipinski definition) is 0. The molecular weight excluding hydrogens is 96.1 g/mol. The summed E-state index contributed by atoms with van der Waals surface area (Å²) in [6, 6.07) is 0. The standard InChI is InChI=1S/C6H12.C2H6/c1-5-4-6(5,2)3;1-2/h5H,4H2,1-3H3;1-2H3. The van der Waals surface area contributed by atoms with Gasteiger partial charge in [-0.2, -0.15) is 0 Å². The lowest BCUT2D eigenvalue weighted by Crippen LogP contribution is -1.82. The molecule has 0 spiro atoms. The summed E-state index contributed by atoms with van der Waals surface area (Å²) in [6.07, 6.45) is 1.44. The molecule has 1 rings (SSSR count). The van der Waals surface area contributed by atoms with Crippen molar-refractivity contribution >= 4 is 0 Å². The maximum absolute atomic E-state index is 2.32. The first-order valence-corrected chi connectivity index (χ1v) is 3.63. The molecule has 8 heavy (non-hydrogen) atoms. The smallest absolute Gasteiger partial charge is 0.0326 e. The molecule has 1 saturated carbocycles. The summed E-state index contributed by atoms with van der Waals surface area (Å²) in [4.78, 5) is 0. The minimum Gasteiger partial charge on any atom is -0.0683 e. The van der Waals surface area contributed by atoms with E-state index in [0.29, 0.717) is 5.41 Å². The van der Waals surface area contributed by atoms with Gasteiger partial charge in [0.25, 0.3) is 0 Å². The summed E-state index contributed by atoms with van der Waals surface area (Å²) in [5.41, 5.74) is 0.708. The van der Waals surface area contributed by atoms with E-state index < -0.39 is 0 Å². The SMILES string of the molecule is CC.CC1CC1(C)C. The van der Waals surface area contributed by atoms with Gasteiger partial charge in [-0.3, -0.25) is 0 Å². The Bertz CT molecular complexity index is 62.4. The largest absolute Gasteiger partial charge is 0.0683 e. The molecule has 1 aliphatic carbocycles. The molecule has 0 bridgehead atoms. The maximum Gasteiger partial charge on any atom is -0.0326 e. The zero-order chi connectivity index (χ0) is 6.78. The molecule has 1 fully saturated rings. The van der Waals surface area contributed by atoms with Crippen LogP contribution in [0.25, 0.3) is 0 Å². The van der Waals surface area contributed by atoms with Gasteiger partial charge in [-0.1, -0.05) is 34.6 Å². The van der Waals surface area contributed by atoms with E-state index in [9.17, 15) is 0 Å². The van der Waals surface area contributed by atoms with Crippen molar-refractivity contribution in [2.24, 2.45) is 11.3 Å². The van der Waals surface area contributed by atoms with Crippen LogP contribution in [-0.4, -0.2) is 0 Å². The van der Waals surface area contributed by atoms with E-state index in [2.05, 4.69) is 20.8 Å². The maximum atomic E-state index is 2.32. The molecule has 0 aromatic carbocycles. The Balaban J connectivity index is 0.000000222. The quantitative estimate of drug-likeness (QED) is 0.454. The molecule has 0 radical (unpaired) electrons. The first kappa shape index (κ1) is 8.00. The van der Waals surface area contributed by atoms with Crippen LogP contribution in [0.1, 0.15) is 41.0 Å². The van der Waals surface area contributed by atoms with Crippen molar-refractivity contribution in [3.63, 3.8) is 0 Å². The first-order valence-electron chi connectivity index (χ1n) is 3.63. The average molecular weight is 114 g/mol. The Morgan fingerprint density at radius 1 is 1.25 bits per heavy atom. The molecule has 0 amide bonds. The molecule has 0 heterocycles. The predicted molar refractivity (Wildman–Crippen MR) is 38.9 cm³/mol. The summed E-state index contributed by atoms with van der Waals surface area (Å²) in [6.45, 7) is 10.9. The second-order valence-electron chi connectivity index (χ2n) is 3.09. The first-order chi connectivity index (χ1) is 3.63. The van der Waals surface area contributed by atoms with E-state index >= 15 is 0 Å². The molecule has 50 valence electrons. The van der Waals surface area contributed by atoms with Crippen molar-refractivity contribution < 1.29 is 0 Å². The third-order valence-electron chi connectivity index (χ3n) is 2.01. The predicted octanol–water partition coefficient (Wildman–Crippen LogP) is 3.08. The molecule has 1 unspecified atom stereocenters. The second kappa shape index (κ2) is 2.52. The van der Waals surface area contributed by atoms with Crippen LogP contribution in [0.5, 0.6) is 0 Å². The molecule has 0 saturated heterocycles. The van der Waals surface area contributed by atoms with Crippen molar-refractivity contribution in [3.8, 4) is 0 Å². The van der Waals surface area contributed by atoms with Crippen LogP contribution in [0.15, 0.2) is 0 Å². The Labute approximate surface area is 53.3 Å². The summed E-state index contributed by atoms with van der Waals surface area (Å²) in [5, 5.41) is 0. The van der Waals surface area contributed by atoms with Crippen molar-refractivity contribution in [2.45, 2.75) is 41.0 Å². The lowest BCUT2D eigenvalue weighted by molar-refractivity contribution is 0.586. The Kier molecular flexibility index (Phi) is 2.52. The fraction of sp³-hybridized carbons (Fsp3) is 1.00. The van der Waals surface area contributed by atoms with Crippen LogP contribution < -0.4 is 0 Å². The molecular formula is C8H18. The summed E-state index contributed by atoms with van der Waals surface area (Å²) in [5.74, 6) is 0.998. The molecule has 1 aliphatic rings. The minimum absolute atomic E-state index is 0.708. The monoisotopic (exact) mass is 114 g/mol. The highest BCUT2D eigenvalue weighted by Crippen LogP contribution is 2.50. The van der Waals surface area contributed by atoms with E-state index in [1.165, 1.54) is 6.42 Å². The van der Waals surface area contributed by atoms with Gasteiger partial charge in [0, 0.05) is 0 Å². The summed E-state index contributed by atoms with van der Waals surface area (Å²) in [7, 11) is 0. The van der Waals surface area contributed by atoms with Gasteiger partial charge in [0.05, 0.1) is 0 Å². The zero-order valence-electron chi connectivity index (χ0n) is 6.78. The molecule has 0 aromatic rings. The molecule has 1 atom stereocenters. The van der Waals surface area contributed by atoms with Gasteiger partial charge in [-0.25, -0.2) is 0 Å². The fourth-order valence-corrected chi connectivity index (χ4v) is 0.730. The van der Waals surface area contributed by atoms with E-state index in [1.807, 2.05) is 13.8 Å². The van der Waals surface area contributed by atoms with Crippen molar-refractivity contribution in [2.75, 3.05) is 0 Å². The fourth-order valence-electron chi connectivity index (χ4n) is 0.730. The lowest BCUT2D eigenvalue weighted by Gasteiger charge is -1.91. The van der Waals surface area contributed by atoms with Gasteiger partial charge in [0.1, 0.15) is 0 Å². The van der Waals surface area contributed by atoms with Crippen LogP contribution in [-0.2, 0) is 0 Å². The number of rotatable bonds is 0. The van der Waals surface area contributed by atoms with Crippen LogP contribution in [0.2, 0.25) is 0 Å². The van der Waals surface area contributed by atoms with Gasteiger partial charge >= 0.3 is 0 Å². The highest BCUT2D eigenvalue weighted by atomic mass is 14.5. The van der Waals surface area contributed by atoms with Crippen molar-refractivity contribution in [1.82, 2.24) is 0 Å². The minimum atomic E-state index is 0.708. The Morgan fingerprint density at radius 2 is 1.38 bits per heavy atom. The van der Waals surface area contributed by atoms with Gasteiger partial charge in [0.15, 0.2) is 0 Å². The van der Waals surface area contributed by atoms with Crippen LogP contribution in [0.3, 0.4) is 0 Å². The average Bonchev–Trinajstić information content (AvgIpc) is 2.19. The number of hydrogen-bond donors (Lipinski definition) is 0. The van der Waals surface area contributed by atoms with Gasteiger partial charge in [-0.05, 0) is 17.8 Å². The topological polar surface area (TPSA) is 0 Å². The van der Waals surface area contributed by atoms with Crippen molar-refractivity contribution in [1.29, 1.82) is 0 Å². The van der Waals surface area contributed by atoms with Gasteiger partial charge < -0.3 is 0 Å². The second-order valence-corrected chi connectivity index (χ2v) is 3.09. The van der Waals surface area contributed by atoms with Crippen LogP contribution in [0.4, 0.5) is 0 Å². The van der Waals surface area contributed by atoms with Gasteiger partial charge in [0.2, 0.25) is 0 Å². The van der Waals surface area contributed by atoms with Crippen molar-refractivity contribution in [3.05, 3.63) is 0 Å². The van der Waals surface area contributed by atoms with Crippen LogP contribution >= 0.6 is 0 Å². The highest BCUT2D eigenvalue weighted by molar-refractivity contribution is 4.91. The highest BCUT2D eigenvalue weighted by Gasteiger charge is 2.41. The molecule has 0 heteroatoms. The molecule has 0 aromatic heterocycles. The summed E-state index contributed by atoms with van der Waals surface area (Å²) < 4.78 is 0. The van der Waals surface area contributed by atoms with E-state index in [-0.39, 0.29) is 0 Å².